The Morgan fingerprint density at radius 1 is 0.667 bits per heavy atom. The fourth-order valence-corrected chi connectivity index (χ4v) is 4.58. The molecular weight excluding hydrogens is 456 g/mol. The smallest absolute Gasteiger partial charge is 0.219 e. The first-order valence-corrected chi connectivity index (χ1v) is 12.9. The Labute approximate surface area is 213 Å². The second-order valence-electron chi connectivity index (χ2n) is 9.03. The average Bonchev–Trinajstić information content (AvgIpc) is 2.89. The van der Waals surface area contributed by atoms with E-state index in [1.807, 2.05) is 0 Å². The molecule has 36 heavy (non-hydrogen) atoms. The third kappa shape index (κ3) is 7.72. The number of nitrogens with zero attached hydrogens (tertiary/aromatic N) is 2. The van der Waals surface area contributed by atoms with Crippen molar-refractivity contribution in [2.45, 2.75) is 13.5 Å². The fourth-order valence-electron chi connectivity index (χ4n) is 4.58. The summed E-state index contributed by atoms with van der Waals surface area (Å²) in [5.41, 5.74) is 1.34. The Morgan fingerprint density at radius 3 is 1.58 bits per heavy atom. The molecule has 1 aliphatic heterocycles. The average molecular weight is 495 g/mol. The van der Waals surface area contributed by atoms with Gasteiger partial charge in [-0.05, 0) is 33.2 Å². The Kier molecular flexibility index (Phi) is 10.5. The van der Waals surface area contributed by atoms with Crippen LogP contribution < -0.4 is 0 Å². The van der Waals surface area contributed by atoms with Gasteiger partial charge in [-0.25, -0.2) is 0 Å². The van der Waals surface area contributed by atoms with Crippen molar-refractivity contribution < 1.29 is 23.7 Å². The van der Waals surface area contributed by atoms with Gasteiger partial charge in [0.1, 0.15) is 0 Å². The molecule has 0 aromatic heterocycles. The summed E-state index contributed by atoms with van der Waals surface area (Å²) in [6, 6.07) is 19.5. The Bertz CT molecular complexity index is 1030. The molecule has 0 unspecified atom stereocenters. The van der Waals surface area contributed by atoms with E-state index in [2.05, 4.69) is 59.5 Å². The van der Waals surface area contributed by atoms with Gasteiger partial charge in [-0.1, -0.05) is 48.5 Å². The van der Waals surface area contributed by atoms with Crippen molar-refractivity contribution in [3.8, 4) is 0 Å². The number of hydrogen-bond acceptors (Lipinski definition) is 6. The highest BCUT2D eigenvalue weighted by molar-refractivity contribution is 6.02. The van der Waals surface area contributed by atoms with Gasteiger partial charge in [0.05, 0.1) is 52.9 Å². The molecule has 7 nitrogen and oxygen atoms in total. The maximum absolute atomic E-state index is 11.8. The summed E-state index contributed by atoms with van der Waals surface area (Å²) in [4.78, 5) is 15.9. The zero-order valence-electron chi connectivity index (χ0n) is 21.3. The number of carbonyl (C=O) groups excluding carboxylic acids is 1. The van der Waals surface area contributed by atoms with Crippen LogP contribution in [-0.2, 0) is 30.3 Å². The molecule has 1 aliphatic rings. The minimum atomic E-state index is 0.0307. The predicted molar refractivity (Wildman–Crippen MR) is 142 cm³/mol. The summed E-state index contributed by atoms with van der Waals surface area (Å²) in [6.45, 7) is 9.43. The molecule has 0 N–H and O–H groups in total. The molecular formula is C29H38N2O5. The third-order valence-electron chi connectivity index (χ3n) is 6.57. The van der Waals surface area contributed by atoms with E-state index in [4.69, 9.17) is 18.9 Å². The van der Waals surface area contributed by atoms with Crippen LogP contribution in [0.4, 0.5) is 0 Å². The van der Waals surface area contributed by atoms with Crippen molar-refractivity contribution in [2.24, 2.45) is 0 Å². The topological polar surface area (TPSA) is 60.5 Å². The van der Waals surface area contributed by atoms with Crippen LogP contribution in [0.1, 0.15) is 12.5 Å². The summed E-state index contributed by atoms with van der Waals surface area (Å²) < 4.78 is 23.1. The van der Waals surface area contributed by atoms with E-state index in [-0.39, 0.29) is 5.91 Å². The van der Waals surface area contributed by atoms with Crippen LogP contribution in [0.5, 0.6) is 0 Å². The van der Waals surface area contributed by atoms with E-state index >= 15 is 0 Å². The van der Waals surface area contributed by atoms with Crippen molar-refractivity contribution in [3.05, 3.63) is 60.2 Å². The molecule has 0 spiro atoms. The second kappa shape index (κ2) is 14.3. The Morgan fingerprint density at radius 2 is 1.11 bits per heavy atom. The molecule has 0 bridgehead atoms. The summed E-state index contributed by atoms with van der Waals surface area (Å²) in [6.07, 6.45) is 0. The zero-order valence-corrected chi connectivity index (χ0v) is 21.3. The minimum Gasteiger partial charge on any atom is -0.378 e. The molecule has 0 aliphatic carbocycles. The highest BCUT2D eigenvalue weighted by atomic mass is 16.5. The lowest BCUT2D eigenvalue weighted by atomic mass is 9.96. The molecule has 7 heteroatoms. The lowest BCUT2D eigenvalue weighted by molar-refractivity contribution is -0.130. The second-order valence-corrected chi connectivity index (χ2v) is 9.03. The number of fused-ring (bicyclic) bond motifs is 2. The van der Waals surface area contributed by atoms with E-state index in [0.717, 1.165) is 19.6 Å². The van der Waals surface area contributed by atoms with E-state index in [1.54, 1.807) is 11.8 Å². The molecule has 1 fully saturated rings. The van der Waals surface area contributed by atoms with Crippen LogP contribution >= 0.6 is 0 Å². The highest BCUT2D eigenvalue weighted by Gasteiger charge is 2.13. The highest BCUT2D eigenvalue weighted by Crippen LogP contribution is 2.29. The van der Waals surface area contributed by atoms with Gasteiger partial charge in [0.25, 0.3) is 0 Å². The largest absolute Gasteiger partial charge is 0.378 e. The van der Waals surface area contributed by atoms with E-state index < -0.39 is 0 Å². The van der Waals surface area contributed by atoms with Gasteiger partial charge in [0, 0.05) is 39.6 Å². The molecule has 4 rings (SSSR count). The number of ether oxygens (including phenoxy) is 4. The first-order valence-electron chi connectivity index (χ1n) is 12.9. The first kappa shape index (κ1) is 26.5. The Balaban J connectivity index is 1.41. The number of carbonyl (C=O) groups is 1. The van der Waals surface area contributed by atoms with Crippen LogP contribution in [0, 0.1) is 0 Å². The molecule has 0 atom stereocenters. The number of amides is 1. The number of hydrogen-bond donors (Lipinski definition) is 0. The molecule has 0 radical (unpaired) electrons. The standard InChI is InChI=1S/C29H38N2O5/c1-24(32)31-12-16-35-20-18-33-14-10-30(11-15-34-19-21-36-17-13-31)23-29-27-8-4-2-6-25(27)22-26-7-3-5-9-28(26)29/h2-9,22H,10-21,23H2,1H3. The molecule has 3 aromatic rings. The third-order valence-corrected chi connectivity index (χ3v) is 6.57. The van der Waals surface area contributed by atoms with Crippen LogP contribution in [0.15, 0.2) is 54.6 Å². The number of rotatable bonds is 2. The summed E-state index contributed by atoms with van der Waals surface area (Å²) in [7, 11) is 0. The number of benzene rings is 3. The van der Waals surface area contributed by atoms with Crippen molar-refractivity contribution in [1.82, 2.24) is 9.80 Å². The minimum absolute atomic E-state index is 0.0307. The van der Waals surface area contributed by atoms with Crippen LogP contribution in [0.2, 0.25) is 0 Å². The maximum Gasteiger partial charge on any atom is 0.219 e. The molecule has 194 valence electrons. The monoisotopic (exact) mass is 494 g/mol. The van der Waals surface area contributed by atoms with Crippen molar-refractivity contribution in [1.29, 1.82) is 0 Å². The molecule has 1 heterocycles. The van der Waals surface area contributed by atoms with Gasteiger partial charge in [0.2, 0.25) is 5.91 Å². The molecule has 1 saturated heterocycles. The van der Waals surface area contributed by atoms with E-state index in [0.29, 0.717) is 65.9 Å². The first-order chi connectivity index (χ1) is 17.7. The van der Waals surface area contributed by atoms with Gasteiger partial charge in [-0.15, -0.1) is 0 Å². The summed E-state index contributed by atoms with van der Waals surface area (Å²) in [5.74, 6) is 0.0307. The van der Waals surface area contributed by atoms with Crippen molar-refractivity contribution in [3.63, 3.8) is 0 Å². The molecule has 1 amide bonds. The normalized spacial score (nSPS) is 18.6. The zero-order chi connectivity index (χ0) is 25.0. The van der Waals surface area contributed by atoms with Crippen molar-refractivity contribution in [2.75, 3.05) is 79.0 Å². The molecule has 0 saturated carbocycles. The maximum atomic E-state index is 11.8. The summed E-state index contributed by atoms with van der Waals surface area (Å²) >= 11 is 0. The lowest BCUT2D eigenvalue weighted by Gasteiger charge is -2.24. The van der Waals surface area contributed by atoms with Gasteiger partial charge >= 0.3 is 0 Å². The van der Waals surface area contributed by atoms with E-state index in [9.17, 15) is 4.79 Å². The Hall–Kier alpha value is -2.55. The van der Waals surface area contributed by atoms with Crippen LogP contribution in [0.3, 0.4) is 0 Å². The van der Waals surface area contributed by atoms with Gasteiger partial charge < -0.3 is 23.8 Å². The van der Waals surface area contributed by atoms with Gasteiger partial charge in [-0.3, -0.25) is 9.69 Å². The lowest BCUT2D eigenvalue weighted by Crippen LogP contribution is -2.35. The SMILES string of the molecule is CC(=O)N1CCOCCOCCN(Cc2c3ccccc3cc3ccccc23)CCOCCOCC1. The van der Waals surface area contributed by atoms with E-state index in [1.165, 1.54) is 27.1 Å². The fraction of sp³-hybridized carbons (Fsp3) is 0.483. The van der Waals surface area contributed by atoms with Crippen LogP contribution in [-0.4, -0.2) is 94.7 Å². The van der Waals surface area contributed by atoms with Gasteiger partial charge in [-0.2, -0.15) is 0 Å². The predicted octanol–water partition coefficient (Wildman–Crippen LogP) is 3.72. The van der Waals surface area contributed by atoms with Crippen LogP contribution in [0.25, 0.3) is 21.5 Å². The molecule has 3 aromatic carbocycles. The summed E-state index contributed by atoms with van der Waals surface area (Å²) in [5, 5.41) is 5.10. The van der Waals surface area contributed by atoms with Gasteiger partial charge in [0.15, 0.2) is 0 Å². The van der Waals surface area contributed by atoms with Crippen molar-refractivity contribution >= 4 is 27.5 Å². The quantitative estimate of drug-likeness (QED) is 0.506.